The highest BCUT2D eigenvalue weighted by atomic mass is 32.2. The van der Waals surface area contributed by atoms with Gasteiger partial charge in [0.15, 0.2) is 16.6 Å². The Bertz CT molecular complexity index is 1110. The molecule has 1 aromatic heterocycles. The Balaban J connectivity index is 1.95. The summed E-state index contributed by atoms with van der Waals surface area (Å²) in [5.41, 5.74) is 0.619. The standard InChI is InChI=1S/C21H26F2N4O4S/c1-12(2)27-9-7-15(16(11-27)14-4-5-17(22)19(23)20(14)31-3)21(28)26-13-6-8-25-18(10-13)32(24,29)30/h4-6,8,10,12,15-16H,7,9,11H2,1-3H3,(H2,24,29,30)(H,25,26,28). The molecule has 1 fully saturated rings. The average Bonchev–Trinajstić information content (AvgIpc) is 2.74. The zero-order valence-corrected chi connectivity index (χ0v) is 18.8. The highest BCUT2D eigenvalue weighted by Crippen LogP contribution is 2.40. The second kappa shape index (κ2) is 9.47. The Morgan fingerprint density at radius 3 is 2.66 bits per heavy atom. The van der Waals surface area contributed by atoms with Gasteiger partial charge in [-0.2, -0.15) is 4.39 Å². The fraction of sp³-hybridized carbons (Fsp3) is 0.429. The average molecular weight is 469 g/mol. The van der Waals surface area contributed by atoms with Crippen LogP contribution < -0.4 is 15.2 Å². The van der Waals surface area contributed by atoms with Crippen LogP contribution in [0.1, 0.15) is 31.7 Å². The van der Waals surface area contributed by atoms with Gasteiger partial charge >= 0.3 is 0 Å². The number of nitrogens with two attached hydrogens (primary N) is 1. The number of sulfonamides is 1. The molecule has 2 aromatic rings. The number of anilines is 1. The molecule has 0 saturated carbocycles. The number of hydrogen-bond acceptors (Lipinski definition) is 6. The summed E-state index contributed by atoms with van der Waals surface area (Å²) in [7, 11) is -2.78. The van der Waals surface area contributed by atoms with Crippen molar-refractivity contribution in [2.45, 2.75) is 37.3 Å². The van der Waals surface area contributed by atoms with Gasteiger partial charge in [0.25, 0.3) is 10.0 Å². The molecule has 8 nitrogen and oxygen atoms in total. The van der Waals surface area contributed by atoms with Crippen LogP contribution in [-0.4, -0.2) is 50.5 Å². The molecule has 0 aliphatic carbocycles. The molecule has 174 valence electrons. The Hall–Kier alpha value is -2.63. The van der Waals surface area contributed by atoms with E-state index in [1.807, 2.05) is 13.8 Å². The van der Waals surface area contributed by atoms with E-state index in [9.17, 15) is 22.0 Å². The lowest BCUT2D eigenvalue weighted by atomic mass is 9.79. The van der Waals surface area contributed by atoms with Gasteiger partial charge in [-0.3, -0.25) is 4.79 Å². The van der Waals surface area contributed by atoms with E-state index in [0.29, 0.717) is 25.1 Å². The number of likely N-dealkylation sites (tertiary alicyclic amines) is 1. The lowest BCUT2D eigenvalue weighted by Gasteiger charge is -2.40. The first kappa shape index (κ1) is 24.0. The normalized spacial score (nSPS) is 19.7. The van der Waals surface area contributed by atoms with E-state index in [1.54, 1.807) is 0 Å². The number of pyridine rings is 1. The number of nitrogens with one attached hydrogen (secondary N) is 1. The van der Waals surface area contributed by atoms with E-state index in [-0.39, 0.29) is 28.4 Å². The minimum Gasteiger partial charge on any atom is -0.493 e. The minimum atomic E-state index is -4.04. The number of ether oxygens (including phenoxy) is 1. The van der Waals surface area contributed by atoms with Crippen molar-refractivity contribution in [3.05, 3.63) is 47.7 Å². The molecule has 0 spiro atoms. The van der Waals surface area contributed by atoms with Gasteiger partial charge in [0.1, 0.15) is 0 Å². The summed E-state index contributed by atoms with van der Waals surface area (Å²) in [5.74, 6) is -3.80. The van der Waals surface area contributed by atoms with Gasteiger partial charge < -0.3 is 15.0 Å². The molecule has 1 amide bonds. The number of piperidine rings is 1. The van der Waals surface area contributed by atoms with Crippen molar-refractivity contribution >= 4 is 21.6 Å². The van der Waals surface area contributed by atoms with Crippen LogP contribution in [0, 0.1) is 17.6 Å². The second-order valence-electron chi connectivity index (χ2n) is 7.99. The van der Waals surface area contributed by atoms with Gasteiger partial charge in [0, 0.05) is 47.9 Å². The molecule has 11 heteroatoms. The molecule has 0 radical (unpaired) electrons. The van der Waals surface area contributed by atoms with E-state index in [0.717, 1.165) is 6.07 Å². The number of halogens is 2. The lowest BCUT2D eigenvalue weighted by molar-refractivity contribution is -0.122. The predicted molar refractivity (Wildman–Crippen MR) is 115 cm³/mol. The fourth-order valence-electron chi connectivity index (χ4n) is 4.00. The highest BCUT2D eigenvalue weighted by molar-refractivity contribution is 7.89. The Morgan fingerprint density at radius 2 is 2.03 bits per heavy atom. The zero-order valence-electron chi connectivity index (χ0n) is 18.0. The van der Waals surface area contributed by atoms with Crippen LogP contribution in [0.4, 0.5) is 14.5 Å². The summed E-state index contributed by atoms with van der Waals surface area (Å²) in [6.07, 6.45) is 1.69. The topological polar surface area (TPSA) is 115 Å². The molecule has 1 aliphatic heterocycles. The van der Waals surface area contributed by atoms with Crippen molar-refractivity contribution in [1.29, 1.82) is 0 Å². The number of benzene rings is 1. The number of nitrogens with zero attached hydrogens (tertiary/aromatic N) is 2. The van der Waals surface area contributed by atoms with Crippen molar-refractivity contribution in [3.63, 3.8) is 0 Å². The third-order valence-electron chi connectivity index (χ3n) is 5.69. The molecule has 3 N–H and O–H groups in total. The maximum atomic E-state index is 14.4. The van der Waals surface area contributed by atoms with Crippen LogP contribution in [0.3, 0.4) is 0 Å². The van der Waals surface area contributed by atoms with Crippen LogP contribution in [0.2, 0.25) is 0 Å². The SMILES string of the molecule is COc1c(C2CN(C(C)C)CCC2C(=O)Nc2ccnc(S(N)(=O)=O)c2)ccc(F)c1F. The van der Waals surface area contributed by atoms with Gasteiger partial charge in [-0.1, -0.05) is 6.07 Å². The van der Waals surface area contributed by atoms with Crippen LogP contribution in [-0.2, 0) is 14.8 Å². The molecule has 3 rings (SSSR count). The first-order valence-corrected chi connectivity index (χ1v) is 11.6. The summed E-state index contributed by atoms with van der Waals surface area (Å²) >= 11 is 0. The molecule has 2 unspecified atom stereocenters. The zero-order chi connectivity index (χ0) is 23.6. The predicted octanol–water partition coefficient (Wildman–Crippen LogP) is 2.47. The van der Waals surface area contributed by atoms with Crippen LogP contribution >= 0.6 is 0 Å². The number of hydrogen-bond donors (Lipinski definition) is 2. The van der Waals surface area contributed by atoms with E-state index < -0.39 is 33.5 Å². The monoisotopic (exact) mass is 468 g/mol. The van der Waals surface area contributed by atoms with Crippen molar-refractivity contribution in [2.75, 3.05) is 25.5 Å². The number of carbonyl (C=O) groups excluding carboxylic acids is 1. The smallest absolute Gasteiger partial charge is 0.255 e. The van der Waals surface area contributed by atoms with E-state index in [1.165, 1.54) is 31.5 Å². The quantitative estimate of drug-likeness (QED) is 0.673. The van der Waals surface area contributed by atoms with Gasteiger partial charge in [-0.15, -0.1) is 0 Å². The van der Waals surface area contributed by atoms with Crippen molar-refractivity contribution < 1.29 is 26.7 Å². The van der Waals surface area contributed by atoms with Gasteiger partial charge in [-0.05, 0) is 38.9 Å². The number of rotatable bonds is 6. The molecule has 1 saturated heterocycles. The highest BCUT2D eigenvalue weighted by Gasteiger charge is 2.38. The van der Waals surface area contributed by atoms with Gasteiger partial charge in [0.05, 0.1) is 7.11 Å². The Morgan fingerprint density at radius 1 is 1.31 bits per heavy atom. The van der Waals surface area contributed by atoms with Crippen molar-refractivity contribution in [2.24, 2.45) is 11.1 Å². The number of primary sulfonamides is 1. The summed E-state index contributed by atoms with van der Waals surface area (Å²) < 4.78 is 56.5. The molecule has 2 heterocycles. The Kier molecular flexibility index (Phi) is 7.11. The lowest BCUT2D eigenvalue weighted by Crippen LogP contribution is -2.46. The number of carbonyl (C=O) groups is 1. The number of amides is 1. The van der Waals surface area contributed by atoms with E-state index in [2.05, 4.69) is 15.2 Å². The van der Waals surface area contributed by atoms with Gasteiger partial charge in [-0.25, -0.2) is 22.9 Å². The molecule has 32 heavy (non-hydrogen) atoms. The summed E-state index contributed by atoms with van der Waals surface area (Å²) in [6, 6.07) is 5.28. The summed E-state index contributed by atoms with van der Waals surface area (Å²) in [5, 5.41) is 7.44. The molecule has 2 atom stereocenters. The first-order chi connectivity index (χ1) is 15.0. The molecular weight excluding hydrogens is 442 g/mol. The second-order valence-corrected chi connectivity index (χ2v) is 9.50. The maximum absolute atomic E-state index is 14.4. The maximum Gasteiger partial charge on any atom is 0.255 e. The van der Waals surface area contributed by atoms with Crippen LogP contribution in [0.5, 0.6) is 5.75 Å². The first-order valence-electron chi connectivity index (χ1n) is 10.1. The number of aromatic nitrogens is 1. The molecule has 1 aliphatic rings. The van der Waals surface area contributed by atoms with E-state index >= 15 is 0 Å². The van der Waals surface area contributed by atoms with Crippen LogP contribution in [0.25, 0.3) is 0 Å². The van der Waals surface area contributed by atoms with Crippen LogP contribution in [0.15, 0.2) is 35.5 Å². The fourth-order valence-corrected chi connectivity index (χ4v) is 4.50. The molecular formula is C21H26F2N4O4S. The van der Waals surface area contributed by atoms with Crippen molar-refractivity contribution in [3.8, 4) is 5.75 Å². The third-order valence-corrected chi connectivity index (χ3v) is 6.50. The summed E-state index contributed by atoms with van der Waals surface area (Å²) in [4.78, 5) is 19.1. The molecule has 1 aromatic carbocycles. The summed E-state index contributed by atoms with van der Waals surface area (Å²) in [6.45, 7) is 5.12. The Labute approximate surface area is 185 Å². The van der Waals surface area contributed by atoms with E-state index in [4.69, 9.17) is 9.88 Å². The molecule has 0 bridgehead atoms. The third kappa shape index (κ3) is 5.05. The largest absolute Gasteiger partial charge is 0.493 e. The number of methoxy groups -OCH3 is 1. The van der Waals surface area contributed by atoms with Gasteiger partial charge in [0.2, 0.25) is 11.7 Å². The van der Waals surface area contributed by atoms with Crippen molar-refractivity contribution in [1.82, 2.24) is 9.88 Å². The minimum absolute atomic E-state index is 0.190.